The second kappa shape index (κ2) is 5.99. The number of H-pyrrole nitrogens is 1. The predicted molar refractivity (Wildman–Crippen MR) is 82.2 cm³/mol. The van der Waals surface area contributed by atoms with Crippen molar-refractivity contribution in [1.29, 1.82) is 0 Å². The fourth-order valence-corrected chi connectivity index (χ4v) is 3.65. The SMILES string of the molecule is O=C(NCCc1nc2c(s1)CCC2)c1c[nH]c(=O)c(Cl)c1. The van der Waals surface area contributed by atoms with Gasteiger partial charge in [-0.1, -0.05) is 11.6 Å². The van der Waals surface area contributed by atoms with Crippen LogP contribution in [0.15, 0.2) is 17.1 Å². The van der Waals surface area contributed by atoms with Crippen LogP contribution in [0.2, 0.25) is 5.02 Å². The number of carbonyl (C=O) groups is 1. The van der Waals surface area contributed by atoms with Gasteiger partial charge in [-0.15, -0.1) is 11.3 Å². The third kappa shape index (κ3) is 3.16. The van der Waals surface area contributed by atoms with Crippen molar-refractivity contribution >= 4 is 28.8 Å². The lowest BCUT2D eigenvalue weighted by Crippen LogP contribution is -2.26. The number of thiazole rings is 1. The molecule has 0 bridgehead atoms. The van der Waals surface area contributed by atoms with Gasteiger partial charge >= 0.3 is 0 Å². The Morgan fingerprint density at radius 2 is 2.33 bits per heavy atom. The molecule has 21 heavy (non-hydrogen) atoms. The van der Waals surface area contributed by atoms with E-state index in [1.807, 2.05) is 0 Å². The first-order chi connectivity index (χ1) is 10.1. The largest absolute Gasteiger partial charge is 0.352 e. The van der Waals surface area contributed by atoms with E-state index in [0.717, 1.165) is 24.3 Å². The van der Waals surface area contributed by atoms with Crippen LogP contribution in [0.4, 0.5) is 0 Å². The highest BCUT2D eigenvalue weighted by molar-refractivity contribution is 7.11. The quantitative estimate of drug-likeness (QED) is 0.903. The Bertz CT molecular complexity index is 717. The molecule has 1 aliphatic carbocycles. The van der Waals surface area contributed by atoms with Gasteiger partial charge in [0.1, 0.15) is 5.02 Å². The first kappa shape index (κ1) is 14.3. The van der Waals surface area contributed by atoms with Crippen LogP contribution in [0.1, 0.15) is 32.4 Å². The lowest BCUT2D eigenvalue weighted by atomic mass is 10.2. The molecule has 0 spiro atoms. The zero-order chi connectivity index (χ0) is 14.8. The van der Waals surface area contributed by atoms with E-state index in [0.29, 0.717) is 12.1 Å². The highest BCUT2D eigenvalue weighted by atomic mass is 35.5. The fraction of sp³-hybridized carbons (Fsp3) is 0.357. The third-order valence-electron chi connectivity index (χ3n) is 3.38. The van der Waals surface area contributed by atoms with Crippen LogP contribution in [0.3, 0.4) is 0 Å². The third-order valence-corrected chi connectivity index (χ3v) is 4.88. The van der Waals surface area contributed by atoms with Crippen molar-refractivity contribution in [2.24, 2.45) is 0 Å². The fourth-order valence-electron chi connectivity index (χ4n) is 2.32. The summed E-state index contributed by atoms with van der Waals surface area (Å²) >= 11 is 7.44. The summed E-state index contributed by atoms with van der Waals surface area (Å²) in [5.74, 6) is -0.253. The maximum absolute atomic E-state index is 11.9. The molecule has 0 radical (unpaired) electrons. The Kier molecular flexibility index (Phi) is 4.07. The zero-order valence-corrected chi connectivity index (χ0v) is 12.8. The monoisotopic (exact) mass is 323 g/mol. The van der Waals surface area contributed by atoms with Gasteiger partial charge in [-0.3, -0.25) is 9.59 Å². The smallest absolute Gasteiger partial charge is 0.266 e. The van der Waals surface area contributed by atoms with Crippen LogP contribution in [-0.4, -0.2) is 22.4 Å². The summed E-state index contributed by atoms with van der Waals surface area (Å²) in [5, 5.41) is 3.89. The Balaban J connectivity index is 1.55. The lowest BCUT2D eigenvalue weighted by Gasteiger charge is -2.04. The van der Waals surface area contributed by atoms with Crippen LogP contribution < -0.4 is 10.9 Å². The highest BCUT2D eigenvalue weighted by Crippen LogP contribution is 2.27. The van der Waals surface area contributed by atoms with E-state index in [9.17, 15) is 9.59 Å². The Morgan fingerprint density at radius 1 is 1.48 bits per heavy atom. The highest BCUT2D eigenvalue weighted by Gasteiger charge is 2.16. The van der Waals surface area contributed by atoms with Gasteiger partial charge in [0, 0.05) is 24.0 Å². The first-order valence-electron chi connectivity index (χ1n) is 6.77. The van der Waals surface area contributed by atoms with Gasteiger partial charge in [0.2, 0.25) is 0 Å². The second-order valence-corrected chi connectivity index (χ2v) is 6.48. The standard InChI is InChI=1S/C14H14ClN3O2S/c15-9-6-8(7-17-14(9)20)13(19)16-5-4-12-18-10-2-1-3-11(10)21-12/h6-7H,1-5H2,(H,16,19)(H,17,20). The first-order valence-corrected chi connectivity index (χ1v) is 7.97. The molecule has 2 heterocycles. The number of aryl methyl sites for hydroxylation is 2. The molecule has 7 heteroatoms. The molecular formula is C14H14ClN3O2S. The van der Waals surface area contributed by atoms with E-state index in [4.69, 9.17) is 11.6 Å². The topological polar surface area (TPSA) is 74.8 Å². The summed E-state index contributed by atoms with van der Waals surface area (Å²) in [4.78, 5) is 31.5. The zero-order valence-electron chi connectivity index (χ0n) is 11.2. The minimum atomic E-state index is -0.398. The molecule has 0 aromatic carbocycles. The summed E-state index contributed by atoms with van der Waals surface area (Å²) < 4.78 is 0. The van der Waals surface area contributed by atoms with Crippen molar-refractivity contribution in [3.8, 4) is 0 Å². The lowest BCUT2D eigenvalue weighted by molar-refractivity contribution is 0.0953. The minimum Gasteiger partial charge on any atom is -0.352 e. The molecule has 1 aliphatic rings. The Hall–Kier alpha value is -1.66. The molecule has 0 unspecified atom stereocenters. The number of hydrogen-bond acceptors (Lipinski definition) is 4. The number of nitrogens with zero attached hydrogens (tertiary/aromatic N) is 1. The van der Waals surface area contributed by atoms with Crippen LogP contribution in [0, 0.1) is 0 Å². The molecule has 2 N–H and O–H groups in total. The number of hydrogen-bond donors (Lipinski definition) is 2. The van der Waals surface area contributed by atoms with Crippen molar-refractivity contribution in [3.63, 3.8) is 0 Å². The van der Waals surface area contributed by atoms with Gasteiger partial charge in [0.15, 0.2) is 0 Å². The number of rotatable bonds is 4. The molecule has 2 aromatic heterocycles. The summed E-state index contributed by atoms with van der Waals surface area (Å²) in [6.45, 7) is 0.516. The van der Waals surface area contributed by atoms with Crippen molar-refractivity contribution < 1.29 is 4.79 Å². The average Bonchev–Trinajstić information content (AvgIpc) is 3.02. The maximum Gasteiger partial charge on any atom is 0.266 e. The normalized spacial score (nSPS) is 13.2. The Morgan fingerprint density at radius 3 is 3.10 bits per heavy atom. The molecule has 0 aliphatic heterocycles. The minimum absolute atomic E-state index is 0.0130. The van der Waals surface area contributed by atoms with E-state index < -0.39 is 5.56 Å². The molecule has 0 fully saturated rings. The van der Waals surface area contributed by atoms with Crippen LogP contribution in [-0.2, 0) is 19.3 Å². The van der Waals surface area contributed by atoms with Gasteiger partial charge in [0.05, 0.1) is 16.3 Å². The molecule has 1 amide bonds. The van der Waals surface area contributed by atoms with Crippen molar-refractivity contribution in [3.05, 3.63) is 48.8 Å². The van der Waals surface area contributed by atoms with E-state index >= 15 is 0 Å². The van der Waals surface area contributed by atoms with E-state index in [1.165, 1.54) is 29.3 Å². The Labute approximate surface area is 130 Å². The number of fused-ring (bicyclic) bond motifs is 1. The molecule has 0 atom stereocenters. The van der Waals surface area contributed by atoms with E-state index in [-0.39, 0.29) is 10.9 Å². The van der Waals surface area contributed by atoms with Gasteiger partial charge in [-0.25, -0.2) is 4.98 Å². The van der Waals surface area contributed by atoms with E-state index in [1.54, 1.807) is 11.3 Å². The second-order valence-electron chi connectivity index (χ2n) is 4.90. The summed E-state index contributed by atoms with van der Waals surface area (Å²) in [6, 6.07) is 1.37. The molecule has 2 aromatic rings. The number of halogens is 1. The van der Waals surface area contributed by atoms with Crippen molar-refractivity contribution in [2.75, 3.05) is 6.54 Å². The average molecular weight is 324 g/mol. The van der Waals surface area contributed by atoms with Crippen molar-refractivity contribution in [1.82, 2.24) is 15.3 Å². The summed E-state index contributed by atoms with van der Waals surface area (Å²) in [6.07, 6.45) is 5.50. The maximum atomic E-state index is 11.9. The molecular weight excluding hydrogens is 310 g/mol. The number of pyridine rings is 1. The van der Waals surface area contributed by atoms with Gasteiger partial charge in [0.25, 0.3) is 11.5 Å². The van der Waals surface area contributed by atoms with Crippen LogP contribution in [0.5, 0.6) is 0 Å². The van der Waals surface area contributed by atoms with Gasteiger partial charge < -0.3 is 10.3 Å². The number of aromatic amines is 1. The number of aromatic nitrogens is 2. The van der Waals surface area contributed by atoms with Crippen LogP contribution in [0.25, 0.3) is 0 Å². The molecule has 0 saturated carbocycles. The molecule has 110 valence electrons. The molecule has 3 rings (SSSR count). The van der Waals surface area contributed by atoms with Gasteiger partial charge in [-0.05, 0) is 25.3 Å². The summed E-state index contributed by atoms with van der Waals surface area (Å²) in [5.41, 5.74) is 1.18. The number of nitrogens with one attached hydrogen (secondary N) is 2. The van der Waals surface area contributed by atoms with Gasteiger partial charge in [-0.2, -0.15) is 0 Å². The molecule has 0 saturated heterocycles. The predicted octanol–water partition coefficient (Wildman–Crippen LogP) is 1.95. The van der Waals surface area contributed by atoms with E-state index in [2.05, 4.69) is 15.3 Å². The number of carbonyl (C=O) groups excluding carboxylic acids is 1. The molecule has 5 nitrogen and oxygen atoms in total. The number of amides is 1. The van der Waals surface area contributed by atoms with Crippen LogP contribution >= 0.6 is 22.9 Å². The summed E-state index contributed by atoms with van der Waals surface area (Å²) in [7, 11) is 0. The van der Waals surface area contributed by atoms with Crippen molar-refractivity contribution in [2.45, 2.75) is 25.7 Å².